The van der Waals surface area contributed by atoms with Gasteiger partial charge in [-0.25, -0.2) is 4.98 Å². The number of pyridine rings is 1. The molecule has 2 aromatic heterocycles. The maximum Gasteiger partial charge on any atom is 0.221 e. The molecule has 0 spiro atoms. The molecule has 4 heteroatoms. The van der Waals surface area contributed by atoms with Crippen molar-refractivity contribution in [2.45, 2.75) is 6.42 Å². The van der Waals surface area contributed by atoms with Crippen LogP contribution >= 0.6 is 11.3 Å². The Labute approximate surface area is 79.2 Å². The molecule has 0 unspecified atom stereocenters. The lowest BCUT2D eigenvalue weighted by Crippen LogP contribution is -2.13. The number of rotatable bonds is 2. The van der Waals surface area contributed by atoms with E-state index in [2.05, 4.69) is 4.98 Å². The molecule has 0 aromatic carbocycles. The van der Waals surface area contributed by atoms with E-state index in [9.17, 15) is 4.79 Å². The van der Waals surface area contributed by atoms with Crippen molar-refractivity contribution < 1.29 is 4.79 Å². The summed E-state index contributed by atoms with van der Waals surface area (Å²) in [6, 6.07) is 3.82. The molecule has 0 aliphatic heterocycles. The molecule has 0 aliphatic rings. The molecule has 0 fully saturated rings. The summed E-state index contributed by atoms with van der Waals surface area (Å²) >= 11 is 1.54. The second kappa shape index (κ2) is 3.14. The molecular formula is C9H8N2OS. The van der Waals surface area contributed by atoms with Gasteiger partial charge in [0.25, 0.3) is 0 Å². The lowest BCUT2D eigenvalue weighted by molar-refractivity contribution is -0.117. The Morgan fingerprint density at radius 1 is 1.62 bits per heavy atom. The molecule has 0 radical (unpaired) electrons. The van der Waals surface area contributed by atoms with Gasteiger partial charge in [0.15, 0.2) is 0 Å². The lowest BCUT2D eigenvalue weighted by Gasteiger charge is -1.93. The summed E-state index contributed by atoms with van der Waals surface area (Å²) in [5.74, 6) is -0.302. The van der Waals surface area contributed by atoms with Crippen LogP contribution in [0.4, 0.5) is 0 Å². The van der Waals surface area contributed by atoms with Gasteiger partial charge >= 0.3 is 0 Å². The van der Waals surface area contributed by atoms with Gasteiger partial charge in [0, 0.05) is 11.6 Å². The molecule has 3 nitrogen and oxygen atoms in total. The number of nitrogens with two attached hydrogens (primary N) is 1. The molecule has 0 atom stereocenters. The number of thiophene rings is 1. The Hall–Kier alpha value is -1.42. The van der Waals surface area contributed by atoms with Crippen LogP contribution in [-0.4, -0.2) is 10.9 Å². The molecule has 1 amide bonds. The van der Waals surface area contributed by atoms with E-state index in [0.29, 0.717) is 6.42 Å². The molecule has 0 saturated carbocycles. The van der Waals surface area contributed by atoms with E-state index in [-0.39, 0.29) is 5.91 Å². The quantitative estimate of drug-likeness (QED) is 0.780. The van der Waals surface area contributed by atoms with E-state index in [0.717, 1.165) is 15.8 Å². The van der Waals surface area contributed by atoms with E-state index in [1.54, 1.807) is 6.20 Å². The molecular weight excluding hydrogens is 184 g/mol. The number of aromatic nitrogens is 1. The number of nitrogens with zero attached hydrogens (tertiary/aromatic N) is 1. The molecule has 0 bridgehead atoms. The second-order valence-electron chi connectivity index (χ2n) is 2.76. The number of carbonyl (C=O) groups is 1. The predicted molar refractivity (Wildman–Crippen MR) is 52.5 cm³/mol. The molecule has 2 aromatic rings. The average Bonchev–Trinajstić information content (AvgIpc) is 2.48. The highest BCUT2D eigenvalue weighted by molar-refractivity contribution is 7.16. The molecule has 66 valence electrons. The minimum atomic E-state index is -0.302. The molecule has 2 rings (SSSR count). The summed E-state index contributed by atoms with van der Waals surface area (Å²) in [5, 5.41) is 2.97. The molecule has 13 heavy (non-hydrogen) atoms. The van der Waals surface area contributed by atoms with E-state index >= 15 is 0 Å². The zero-order valence-electron chi connectivity index (χ0n) is 6.86. The van der Waals surface area contributed by atoms with Crippen LogP contribution in [0.15, 0.2) is 23.7 Å². The van der Waals surface area contributed by atoms with E-state index in [4.69, 9.17) is 5.73 Å². The summed E-state index contributed by atoms with van der Waals surface area (Å²) in [6.07, 6.45) is 2.04. The van der Waals surface area contributed by atoms with Crippen molar-refractivity contribution in [1.29, 1.82) is 0 Å². The Bertz CT molecular complexity index is 450. The Kier molecular flexibility index (Phi) is 1.98. The zero-order valence-corrected chi connectivity index (χ0v) is 7.67. The SMILES string of the molecule is NC(=O)Cc1csc2ncccc12. The standard InChI is InChI=1S/C9H8N2OS/c10-8(12)4-6-5-13-9-7(6)2-1-3-11-9/h1-3,5H,4H2,(H2,10,12). The highest BCUT2D eigenvalue weighted by Crippen LogP contribution is 2.23. The highest BCUT2D eigenvalue weighted by Gasteiger charge is 2.05. The van der Waals surface area contributed by atoms with E-state index < -0.39 is 0 Å². The molecule has 2 N–H and O–H groups in total. The van der Waals surface area contributed by atoms with Crippen LogP contribution in [0, 0.1) is 0 Å². The maximum absolute atomic E-state index is 10.7. The molecule has 0 saturated heterocycles. The molecule has 2 heterocycles. The number of primary amides is 1. The fourth-order valence-corrected chi connectivity index (χ4v) is 2.16. The number of hydrogen-bond donors (Lipinski definition) is 1. The van der Waals surface area contributed by atoms with Gasteiger partial charge in [0.05, 0.1) is 6.42 Å². The highest BCUT2D eigenvalue weighted by atomic mass is 32.1. The first-order chi connectivity index (χ1) is 6.27. The number of fused-ring (bicyclic) bond motifs is 1. The van der Waals surface area contributed by atoms with Crippen molar-refractivity contribution >= 4 is 27.5 Å². The third-order valence-corrected chi connectivity index (χ3v) is 2.75. The van der Waals surface area contributed by atoms with Gasteiger partial charge in [-0.1, -0.05) is 6.07 Å². The van der Waals surface area contributed by atoms with Crippen LogP contribution < -0.4 is 5.73 Å². The Morgan fingerprint density at radius 2 is 2.46 bits per heavy atom. The fourth-order valence-electron chi connectivity index (χ4n) is 1.24. The van der Waals surface area contributed by atoms with Crippen molar-refractivity contribution in [3.8, 4) is 0 Å². The van der Waals surface area contributed by atoms with E-state index in [1.165, 1.54) is 11.3 Å². The van der Waals surface area contributed by atoms with Crippen molar-refractivity contribution in [2.24, 2.45) is 5.73 Å². The first-order valence-electron chi connectivity index (χ1n) is 3.87. The van der Waals surface area contributed by atoms with Crippen molar-refractivity contribution in [2.75, 3.05) is 0 Å². The van der Waals surface area contributed by atoms with Gasteiger partial charge in [0.2, 0.25) is 5.91 Å². The minimum absolute atomic E-state index is 0.297. The average molecular weight is 192 g/mol. The third-order valence-electron chi connectivity index (χ3n) is 1.79. The van der Waals surface area contributed by atoms with Crippen LogP contribution in [0.3, 0.4) is 0 Å². The smallest absolute Gasteiger partial charge is 0.221 e. The normalized spacial score (nSPS) is 10.5. The zero-order chi connectivity index (χ0) is 9.26. The van der Waals surface area contributed by atoms with Gasteiger partial charge in [0.1, 0.15) is 4.83 Å². The van der Waals surface area contributed by atoms with Gasteiger partial charge < -0.3 is 5.73 Å². The largest absolute Gasteiger partial charge is 0.369 e. The molecule has 0 aliphatic carbocycles. The van der Waals surface area contributed by atoms with Crippen molar-refractivity contribution in [3.05, 3.63) is 29.3 Å². The van der Waals surface area contributed by atoms with Gasteiger partial charge in [-0.3, -0.25) is 4.79 Å². The van der Waals surface area contributed by atoms with Crippen LogP contribution in [0.2, 0.25) is 0 Å². The summed E-state index contributed by atoms with van der Waals surface area (Å²) in [6.45, 7) is 0. The second-order valence-corrected chi connectivity index (χ2v) is 3.62. The summed E-state index contributed by atoms with van der Waals surface area (Å²) < 4.78 is 0. The minimum Gasteiger partial charge on any atom is -0.369 e. The maximum atomic E-state index is 10.7. The fraction of sp³-hybridized carbons (Fsp3) is 0.111. The third kappa shape index (κ3) is 1.53. The first kappa shape index (κ1) is 8.19. The predicted octanol–water partition coefficient (Wildman–Crippen LogP) is 1.32. The number of amides is 1. The monoisotopic (exact) mass is 192 g/mol. The Morgan fingerprint density at radius 3 is 3.23 bits per heavy atom. The Balaban J connectivity index is 2.51. The van der Waals surface area contributed by atoms with Crippen LogP contribution in [0.5, 0.6) is 0 Å². The summed E-state index contributed by atoms with van der Waals surface area (Å²) in [4.78, 5) is 15.8. The van der Waals surface area contributed by atoms with Crippen LogP contribution in [-0.2, 0) is 11.2 Å². The van der Waals surface area contributed by atoms with Crippen LogP contribution in [0.1, 0.15) is 5.56 Å². The first-order valence-corrected chi connectivity index (χ1v) is 4.75. The van der Waals surface area contributed by atoms with E-state index in [1.807, 2.05) is 17.5 Å². The number of hydrogen-bond acceptors (Lipinski definition) is 3. The van der Waals surface area contributed by atoms with Gasteiger partial charge in [-0.15, -0.1) is 11.3 Å². The number of carbonyl (C=O) groups excluding carboxylic acids is 1. The van der Waals surface area contributed by atoms with Gasteiger partial charge in [-0.2, -0.15) is 0 Å². The van der Waals surface area contributed by atoms with Crippen LogP contribution in [0.25, 0.3) is 10.2 Å². The van der Waals surface area contributed by atoms with Crippen molar-refractivity contribution in [1.82, 2.24) is 4.98 Å². The lowest BCUT2D eigenvalue weighted by atomic mass is 10.1. The van der Waals surface area contributed by atoms with Crippen molar-refractivity contribution in [3.63, 3.8) is 0 Å². The summed E-state index contributed by atoms with van der Waals surface area (Å²) in [7, 11) is 0. The topological polar surface area (TPSA) is 56.0 Å². The summed E-state index contributed by atoms with van der Waals surface area (Å²) in [5.41, 5.74) is 6.09. The van der Waals surface area contributed by atoms with Gasteiger partial charge in [-0.05, 0) is 17.0 Å².